The molecule has 7 nitrogen and oxygen atoms in total. The van der Waals surface area contributed by atoms with E-state index >= 15 is 0 Å². The lowest BCUT2D eigenvalue weighted by Crippen LogP contribution is -2.65. The summed E-state index contributed by atoms with van der Waals surface area (Å²) in [5, 5.41) is 24.8. The normalized spacial score (nSPS) is 36.5. The topological polar surface area (TPSA) is 110 Å². The standard InChI is InChI=1S/C34H36O7/c1-19-17-33-20(2)15-25-26(32(25,3)4)24(28(33)36)16-23(18-40-30(37)21-11-7-5-8-12-21)27(35)34(33,39)29(19)41-31(38)22-13-9-6-10-14-22/h5-14,16-17,20,24-27,29,35,39H,15,18H2,1-4H3/t20-,24+,25-,26+,27-,29+,33+,34+/m1/s1. The summed E-state index contributed by atoms with van der Waals surface area (Å²) in [4.78, 5) is 40.8. The summed E-state index contributed by atoms with van der Waals surface area (Å²) in [6.07, 6.45) is 1.22. The summed E-state index contributed by atoms with van der Waals surface area (Å²) in [5.74, 6) is -2.11. The quantitative estimate of drug-likeness (QED) is 0.411. The van der Waals surface area contributed by atoms with Gasteiger partial charge in [0.05, 0.1) is 16.5 Å². The number of fused-ring (bicyclic) bond motifs is 3. The summed E-state index contributed by atoms with van der Waals surface area (Å²) in [6.45, 7) is 7.64. The number of carbonyl (C=O) groups is 3. The fourth-order valence-corrected chi connectivity index (χ4v) is 8.14. The molecule has 6 rings (SSSR count). The van der Waals surface area contributed by atoms with Crippen LogP contribution in [0.25, 0.3) is 0 Å². The van der Waals surface area contributed by atoms with Crippen LogP contribution in [0.2, 0.25) is 0 Å². The van der Waals surface area contributed by atoms with Gasteiger partial charge in [-0.05, 0) is 71.9 Å². The molecule has 2 aromatic carbocycles. The Kier molecular flexibility index (Phi) is 6.40. The molecule has 2 fully saturated rings. The van der Waals surface area contributed by atoms with Crippen LogP contribution in [0.1, 0.15) is 54.8 Å². The second-order valence-corrected chi connectivity index (χ2v) is 12.8. The van der Waals surface area contributed by atoms with E-state index in [4.69, 9.17) is 9.47 Å². The van der Waals surface area contributed by atoms with Crippen molar-refractivity contribution in [1.82, 2.24) is 0 Å². The van der Waals surface area contributed by atoms with Crippen LogP contribution in [0, 0.1) is 34.5 Å². The van der Waals surface area contributed by atoms with Crippen LogP contribution in [0.3, 0.4) is 0 Å². The van der Waals surface area contributed by atoms with Crippen molar-refractivity contribution in [3.05, 3.63) is 95.1 Å². The number of aliphatic hydroxyl groups is 2. The highest BCUT2D eigenvalue weighted by Gasteiger charge is 2.76. The number of hydrogen-bond donors (Lipinski definition) is 2. The predicted octanol–water partition coefficient (Wildman–Crippen LogP) is 4.54. The van der Waals surface area contributed by atoms with Crippen molar-refractivity contribution in [2.45, 2.75) is 51.9 Å². The van der Waals surface area contributed by atoms with Gasteiger partial charge in [0, 0.05) is 5.92 Å². The zero-order valence-corrected chi connectivity index (χ0v) is 23.7. The third kappa shape index (κ3) is 3.89. The van der Waals surface area contributed by atoms with Crippen molar-refractivity contribution in [2.75, 3.05) is 6.61 Å². The summed E-state index contributed by atoms with van der Waals surface area (Å²) >= 11 is 0. The largest absolute Gasteiger partial charge is 0.457 e. The Labute approximate surface area is 239 Å². The number of rotatable bonds is 5. The highest BCUT2D eigenvalue weighted by atomic mass is 16.6. The third-order valence-electron chi connectivity index (χ3n) is 10.3. The Balaban J connectivity index is 1.43. The molecule has 214 valence electrons. The van der Waals surface area contributed by atoms with Crippen molar-refractivity contribution < 1.29 is 34.1 Å². The molecule has 7 heteroatoms. The molecule has 2 aromatic rings. The number of Topliss-reactive ketones (excluding diaryl/α,β-unsaturated/α-hetero) is 1. The lowest BCUT2D eigenvalue weighted by atomic mass is 9.59. The van der Waals surface area contributed by atoms with Gasteiger partial charge in [-0.3, -0.25) is 4.79 Å². The Hall–Kier alpha value is -3.55. The second kappa shape index (κ2) is 9.50. The fourth-order valence-electron chi connectivity index (χ4n) is 8.14. The number of hydrogen-bond acceptors (Lipinski definition) is 7. The average molecular weight is 557 g/mol. The molecule has 4 aliphatic rings. The lowest BCUT2D eigenvalue weighted by molar-refractivity contribution is -0.190. The maximum absolute atomic E-state index is 14.7. The fraction of sp³-hybridized carbons (Fsp3) is 0.441. The highest BCUT2D eigenvalue weighted by molar-refractivity contribution is 5.96. The average Bonchev–Trinajstić information content (AvgIpc) is 3.46. The van der Waals surface area contributed by atoms with E-state index in [9.17, 15) is 24.6 Å². The number of esters is 2. The van der Waals surface area contributed by atoms with Crippen LogP contribution in [-0.4, -0.2) is 52.4 Å². The molecular weight excluding hydrogens is 520 g/mol. The Morgan fingerprint density at radius 3 is 2.17 bits per heavy atom. The Bertz CT molecular complexity index is 1460. The Morgan fingerprint density at radius 1 is 0.976 bits per heavy atom. The minimum Gasteiger partial charge on any atom is -0.457 e. The molecule has 0 unspecified atom stereocenters. The minimum atomic E-state index is -2.20. The van der Waals surface area contributed by atoms with E-state index in [1.54, 1.807) is 79.7 Å². The van der Waals surface area contributed by atoms with E-state index in [2.05, 4.69) is 13.8 Å². The number of benzene rings is 2. The monoisotopic (exact) mass is 556 g/mol. The molecule has 0 aliphatic heterocycles. The maximum atomic E-state index is 14.7. The second-order valence-electron chi connectivity index (χ2n) is 12.8. The van der Waals surface area contributed by atoms with Crippen molar-refractivity contribution in [1.29, 1.82) is 0 Å². The van der Waals surface area contributed by atoms with Crippen LogP contribution in [0.15, 0.2) is 84.0 Å². The van der Waals surface area contributed by atoms with E-state index in [-0.39, 0.29) is 41.1 Å². The molecule has 8 atom stereocenters. The van der Waals surface area contributed by atoms with Gasteiger partial charge in [-0.25, -0.2) is 9.59 Å². The number of allylic oxidation sites excluding steroid dienone is 1. The van der Waals surface area contributed by atoms with Gasteiger partial charge in [-0.1, -0.05) is 69.3 Å². The zero-order chi connectivity index (χ0) is 29.3. The van der Waals surface area contributed by atoms with Gasteiger partial charge < -0.3 is 19.7 Å². The van der Waals surface area contributed by atoms with Gasteiger partial charge in [0.15, 0.2) is 17.5 Å². The van der Waals surface area contributed by atoms with Gasteiger partial charge >= 0.3 is 11.9 Å². The van der Waals surface area contributed by atoms with Gasteiger partial charge in [0.25, 0.3) is 0 Å². The first-order chi connectivity index (χ1) is 19.4. The summed E-state index contributed by atoms with van der Waals surface area (Å²) in [5.41, 5.74) is -2.40. The molecule has 0 radical (unpaired) electrons. The van der Waals surface area contributed by atoms with Crippen LogP contribution < -0.4 is 0 Å². The van der Waals surface area contributed by atoms with Gasteiger partial charge in [0.1, 0.15) is 12.7 Å². The summed E-state index contributed by atoms with van der Waals surface area (Å²) < 4.78 is 11.6. The number of carbonyl (C=O) groups excluding carboxylic acids is 3. The number of aliphatic hydroxyl groups excluding tert-OH is 1. The summed E-state index contributed by atoms with van der Waals surface area (Å²) in [6, 6.07) is 16.9. The minimum absolute atomic E-state index is 0.0193. The molecule has 2 bridgehead atoms. The van der Waals surface area contributed by atoms with Gasteiger partial charge in [0.2, 0.25) is 0 Å². The molecule has 2 saturated carbocycles. The molecule has 2 N–H and O–H groups in total. The molecule has 0 saturated heterocycles. The Morgan fingerprint density at radius 2 is 1.56 bits per heavy atom. The highest BCUT2D eigenvalue weighted by Crippen LogP contribution is 2.71. The third-order valence-corrected chi connectivity index (χ3v) is 10.3. The number of ether oxygens (including phenoxy) is 2. The first kappa shape index (κ1) is 27.6. The molecule has 4 aliphatic carbocycles. The molecule has 0 aromatic heterocycles. The van der Waals surface area contributed by atoms with E-state index in [1.807, 2.05) is 6.92 Å². The van der Waals surface area contributed by atoms with Gasteiger partial charge in [-0.15, -0.1) is 0 Å². The van der Waals surface area contributed by atoms with Crippen LogP contribution in [0.5, 0.6) is 0 Å². The molecule has 1 spiro atoms. The van der Waals surface area contributed by atoms with E-state index < -0.39 is 41.1 Å². The SMILES string of the molecule is CC1=C[C@]23C(=O)[C@@H](C=C(COC(=O)c4ccccc4)[C@@H](O)[C@]2(O)[C@H]1OC(=O)c1ccccc1)[C@H]1[C@@H](C[C@H]3C)C1(C)C. The van der Waals surface area contributed by atoms with Crippen molar-refractivity contribution >= 4 is 17.7 Å². The summed E-state index contributed by atoms with van der Waals surface area (Å²) in [7, 11) is 0. The van der Waals surface area contributed by atoms with Crippen molar-refractivity contribution in [3.63, 3.8) is 0 Å². The zero-order valence-electron chi connectivity index (χ0n) is 23.7. The number of ketones is 1. The van der Waals surface area contributed by atoms with Crippen LogP contribution >= 0.6 is 0 Å². The maximum Gasteiger partial charge on any atom is 0.338 e. The van der Waals surface area contributed by atoms with Gasteiger partial charge in [-0.2, -0.15) is 0 Å². The smallest absolute Gasteiger partial charge is 0.338 e. The lowest BCUT2D eigenvalue weighted by Gasteiger charge is -2.48. The van der Waals surface area contributed by atoms with E-state index in [1.165, 1.54) is 0 Å². The van der Waals surface area contributed by atoms with Crippen molar-refractivity contribution in [3.8, 4) is 0 Å². The molecular formula is C34H36O7. The molecule has 0 amide bonds. The first-order valence-electron chi connectivity index (χ1n) is 14.3. The van der Waals surface area contributed by atoms with Crippen LogP contribution in [-0.2, 0) is 14.3 Å². The van der Waals surface area contributed by atoms with E-state index in [0.29, 0.717) is 23.1 Å². The van der Waals surface area contributed by atoms with E-state index in [0.717, 1.165) is 0 Å². The molecule has 41 heavy (non-hydrogen) atoms. The first-order valence-corrected chi connectivity index (χ1v) is 14.3. The van der Waals surface area contributed by atoms with Crippen LogP contribution in [0.4, 0.5) is 0 Å². The van der Waals surface area contributed by atoms with Crippen molar-refractivity contribution in [2.24, 2.45) is 34.5 Å². The molecule has 0 heterocycles. The predicted molar refractivity (Wildman–Crippen MR) is 151 cm³/mol.